The monoisotopic (exact) mass is 160 g/mol. The normalized spacial score (nSPS) is 12.6. The molecule has 0 aromatic rings. The molecule has 0 aliphatic rings. The van der Waals surface area contributed by atoms with Crippen LogP contribution in [0.15, 0.2) is 5.29 Å². The van der Waals surface area contributed by atoms with Crippen molar-refractivity contribution in [3.63, 3.8) is 0 Å². The minimum Gasteiger partial charge on any atom is -0.480 e. The zero-order chi connectivity index (χ0) is 8.85. The van der Waals surface area contributed by atoms with Crippen LogP contribution in [-0.4, -0.2) is 17.1 Å². The van der Waals surface area contributed by atoms with Crippen molar-refractivity contribution in [3.8, 4) is 0 Å². The van der Waals surface area contributed by atoms with Gasteiger partial charge < -0.3 is 5.11 Å². The Kier molecular flexibility index (Phi) is 4.17. The SMILES string of the molecule is CC(C)C[C@H](NN=O)C(=O)O. The molecule has 0 fully saturated rings. The maximum absolute atomic E-state index is 10.4. The second-order valence-electron chi connectivity index (χ2n) is 2.74. The second-order valence-corrected chi connectivity index (χ2v) is 2.74. The van der Waals surface area contributed by atoms with Crippen LogP contribution in [-0.2, 0) is 4.79 Å². The Bertz CT molecular complexity index is 147. The third-order valence-corrected chi connectivity index (χ3v) is 1.21. The molecule has 0 aromatic heterocycles. The number of rotatable bonds is 5. The fraction of sp³-hybridized carbons (Fsp3) is 0.833. The predicted octanol–water partition coefficient (Wildman–Crippen LogP) is 0.757. The molecule has 0 aliphatic heterocycles. The van der Waals surface area contributed by atoms with Crippen LogP contribution in [0.25, 0.3) is 0 Å². The Balaban J connectivity index is 3.88. The largest absolute Gasteiger partial charge is 0.480 e. The Morgan fingerprint density at radius 2 is 2.18 bits per heavy atom. The van der Waals surface area contributed by atoms with E-state index in [1.54, 1.807) is 0 Å². The molecule has 64 valence electrons. The number of carbonyl (C=O) groups is 1. The molecular formula is C6H12N2O3. The van der Waals surface area contributed by atoms with Crippen molar-refractivity contribution in [3.05, 3.63) is 4.91 Å². The van der Waals surface area contributed by atoms with Crippen LogP contribution in [0, 0.1) is 10.8 Å². The Hall–Kier alpha value is -1.13. The van der Waals surface area contributed by atoms with E-state index in [9.17, 15) is 9.70 Å². The van der Waals surface area contributed by atoms with Gasteiger partial charge in [-0.3, -0.25) is 5.43 Å². The highest BCUT2D eigenvalue weighted by Crippen LogP contribution is 2.04. The molecule has 11 heavy (non-hydrogen) atoms. The maximum Gasteiger partial charge on any atom is 0.327 e. The Morgan fingerprint density at radius 1 is 1.64 bits per heavy atom. The number of carboxylic acid groups (broad SMARTS) is 1. The van der Waals surface area contributed by atoms with Gasteiger partial charge in [0.1, 0.15) is 6.04 Å². The summed E-state index contributed by atoms with van der Waals surface area (Å²) < 4.78 is 0. The first-order valence-corrected chi connectivity index (χ1v) is 3.38. The quantitative estimate of drug-likeness (QED) is 0.459. The third-order valence-electron chi connectivity index (χ3n) is 1.21. The lowest BCUT2D eigenvalue weighted by Crippen LogP contribution is -2.34. The summed E-state index contributed by atoms with van der Waals surface area (Å²) in [4.78, 5) is 20.0. The van der Waals surface area contributed by atoms with Crippen LogP contribution in [0.2, 0.25) is 0 Å². The summed E-state index contributed by atoms with van der Waals surface area (Å²) in [6.07, 6.45) is 0.404. The van der Waals surface area contributed by atoms with Crippen molar-refractivity contribution in [2.75, 3.05) is 0 Å². The van der Waals surface area contributed by atoms with Gasteiger partial charge in [-0.2, -0.15) is 0 Å². The predicted molar refractivity (Wildman–Crippen MR) is 39.8 cm³/mol. The number of nitroso groups, excluding NO2 is 1. The zero-order valence-electron chi connectivity index (χ0n) is 6.57. The first kappa shape index (κ1) is 9.87. The molecule has 0 unspecified atom stereocenters. The van der Waals surface area contributed by atoms with Crippen LogP contribution in [0.1, 0.15) is 20.3 Å². The minimum atomic E-state index is -1.04. The smallest absolute Gasteiger partial charge is 0.327 e. The molecule has 0 spiro atoms. The first-order valence-electron chi connectivity index (χ1n) is 3.38. The summed E-state index contributed by atoms with van der Waals surface area (Å²) >= 11 is 0. The zero-order valence-corrected chi connectivity index (χ0v) is 6.57. The fourth-order valence-electron chi connectivity index (χ4n) is 0.744. The molecule has 0 saturated heterocycles. The van der Waals surface area contributed by atoms with Gasteiger partial charge in [-0.05, 0) is 12.3 Å². The maximum atomic E-state index is 10.4. The molecule has 1 atom stereocenters. The van der Waals surface area contributed by atoms with Crippen molar-refractivity contribution >= 4 is 5.97 Å². The second kappa shape index (κ2) is 4.65. The molecule has 0 saturated carbocycles. The van der Waals surface area contributed by atoms with Crippen LogP contribution in [0.5, 0.6) is 0 Å². The Morgan fingerprint density at radius 3 is 2.45 bits per heavy atom. The van der Waals surface area contributed by atoms with E-state index in [4.69, 9.17) is 5.11 Å². The summed E-state index contributed by atoms with van der Waals surface area (Å²) in [5, 5.41) is 10.8. The van der Waals surface area contributed by atoms with Gasteiger partial charge in [-0.15, -0.1) is 4.91 Å². The molecule has 0 radical (unpaired) electrons. The van der Waals surface area contributed by atoms with Crippen LogP contribution in [0.4, 0.5) is 0 Å². The highest BCUT2D eigenvalue weighted by Gasteiger charge is 2.17. The average molecular weight is 160 g/mol. The van der Waals surface area contributed by atoms with Gasteiger partial charge in [-0.1, -0.05) is 13.8 Å². The molecule has 0 amide bonds. The number of nitrogens with zero attached hydrogens (tertiary/aromatic N) is 1. The lowest BCUT2D eigenvalue weighted by molar-refractivity contribution is -0.139. The summed E-state index contributed by atoms with van der Waals surface area (Å²) in [6.45, 7) is 3.75. The van der Waals surface area contributed by atoms with E-state index in [1.165, 1.54) is 0 Å². The molecular weight excluding hydrogens is 148 g/mol. The summed E-state index contributed by atoms with van der Waals surface area (Å²) in [6, 6.07) is -0.854. The molecule has 5 heteroatoms. The van der Waals surface area contributed by atoms with E-state index in [-0.39, 0.29) is 5.92 Å². The van der Waals surface area contributed by atoms with Crippen molar-refractivity contribution in [1.82, 2.24) is 5.43 Å². The van der Waals surface area contributed by atoms with Gasteiger partial charge in [0, 0.05) is 0 Å². The standard InChI is InChI=1S/C6H12N2O3/c1-4(2)3-5(6(9)10)7-8-11/h4-5H,3H2,1-2H3,(H,7,11)(H,9,10)/t5-/m0/s1. The van der Waals surface area contributed by atoms with Gasteiger partial charge in [0.15, 0.2) is 0 Å². The third kappa shape index (κ3) is 4.30. The van der Waals surface area contributed by atoms with E-state index < -0.39 is 12.0 Å². The van der Waals surface area contributed by atoms with Gasteiger partial charge in [-0.25, -0.2) is 4.79 Å². The molecule has 0 aliphatic carbocycles. The summed E-state index contributed by atoms with van der Waals surface area (Å²) in [5.41, 5.74) is 1.98. The van der Waals surface area contributed by atoms with Gasteiger partial charge >= 0.3 is 5.97 Å². The highest BCUT2D eigenvalue weighted by atomic mass is 16.4. The number of nitrogens with one attached hydrogen (secondary N) is 1. The number of aliphatic carboxylic acids is 1. The van der Waals surface area contributed by atoms with Crippen molar-refractivity contribution in [2.45, 2.75) is 26.3 Å². The fourth-order valence-corrected chi connectivity index (χ4v) is 0.744. The lowest BCUT2D eigenvalue weighted by atomic mass is 10.0. The van der Waals surface area contributed by atoms with E-state index in [0.29, 0.717) is 6.42 Å². The van der Waals surface area contributed by atoms with E-state index in [1.807, 2.05) is 19.3 Å². The van der Waals surface area contributed by atoms with Gasteiger partial charge in [0.2, 0.25) is 0 Å². The highest BCUT2D eigenvalue weighted by molar-refractivity contribution is 5.73. The number of carboxylic acids is 1. The number of hydrogen-bond donors (Lipinski definition) is 2. The molecule has 0 aromatic carbocycles. The molecule has 0 rings (SSSR count). The summed E-state index contributed by atoms with van der Waals surface area (Å²) in [5.74, 6) is -0.816. The molecule has 5 nitrogen and oxygen atoms in total. The molecule has 0 bridgehead atoms. The van der Waals surface area contributed by atoms with Crippen molar-refractivity contribution in [2.24, 2.45) is 11.2 Å². The molecule has 0 heterocycles. The van der Waals surface area contributed by atoms with Crippen LogP contribution >= 0.6 is 0 Å². The molecule has 2 N–H and O–H groups in total. The van der Waals surface area contributed by atoms with Crippen LogP contribution < -0.4 is 5.43 Å². The van der Waals surface area contributed by atoms with Crippen molar-refractivity contribution < 1.29 is 9.90 Å². The summed E-state index contributed by atoms with van der Waals surface area (Å²) in [7, 11) is 0. The van der Waals surface area contributed by atoms with E-state index in [0.717, 1.165) is 0 Å². The van der Waals surface area contributed by atoms with Crippen LogP contribution in [0.3, 0.4) is 0 Å². The number of hydrogen-bond acceptors (Lipinski definition) is 3. The average Bonchev–Trinajstić information content (AvgIpc) is 1.86. The topological polar surface area (TPSA) is 78.8 Å². The Labute approximate surface area is 64.7 Å². The van der Waals surface area contributed by atoms with Crippen molar-refractivity contribution in [1.29, 1.82) is 0 Å². The minimum absolute atomic E-state index is 0.227. The van der Waals surface area contributed by atoms with E-state index >= 15 is 0 Å². The van der Waals surface area contributed by atoms with E-state index in [2.05, 4.69) is 5.29 Å². The van der Waals surface area contributed by atoms with Gasteiger partial charge in [0.25, 0.3) is 0 Å². The first-order chi connectivity index (χ1) is 5.07. The van der Waals surface area contributed by atoms with Gasteiger partial charge in [0.05, 0.1) is 5.29 Å². The lowest BCUT2D eigenvalue weighted by Gasteiger charge is -2.11.